The van der Waals surface area contributed by atoms with Crippen molar-refractivity contribution in [1.82, 2.24) is 25.0 Å². The molecule has 0 aliphatic carbocycles. The summed E-state index contributed by atoms with van der Waals surface area (Å²) in [6, 6.07) is 15.5. The highest BCUT2D eigenvalue weighted by atomic mass is 16.4. The number of imidazole rings is 1. The number of hydrogen-bond donors (Lipinski definition) is 2. The fourth-order valence-electron chi connectivity index (χ4n) is 2.73. The summed E-state index contributed by atoms with van der Waals surface area (Å²) in [5, 5.41) is 16.7. The van der Waals surface area contributed by atoms with Crippen LogP contribution in [0.2, 0.25) is 0 Å². The van der Waals surface area contributed by atoms with E-state index in [1.165, 1.54) is 10.9 Å². The van der Waals surface area contributed by atoms with E-state index >= 15 is 0 Å². The van der Waals surface area contributed by atoms with E-state index in [0.29, 0.717) is 5.69 Å². The summed E-state index contributed by atoms with van der Waals surface area (Å²) in [6.07, 6.45) is 4.65. The van der Waals surface area contributed by atoms with Crippen LogP contribution in [0, 0.1) is 0 Å². The van der Waals surface area contributed by atoms with Crippen molar-refractivity contribution in [2.24, 2.45) is 0 Å². The Balaban J connectivity index is 1.75. The van der Waals surface area contributed by atoms with E-state index in [-0.39, 0.29) is 5.69 Å². The minimum Gasteiger partial charge on any atom is -0.476 e. The molecule has 0 radical (unpaired) electrons. The molecule has 7 nitrogen and oxygen atoms in total. The maximum atomic E-state index is 11.2. The Bertz CT molecular complexity index is 1020. The number of nitrogens with zero attached hydrogens (tertiary/aromatic N) is 4. The van der Waals surface area contributed by atoms with Crippen molar-refractivity contribution in [1.29, 1.82) is 0 Å². The minimum absolute atomic E-state index is 0.0191. The zero-order chi connectivity index (χ0) is 17.2. The standard InChI is InChI=1S/C18H13N5O2/c24-18(25)17-10-21-22-23(17)13-7-5-12(6-8-13)14-3-1-2-4-15(14)16-9-19-11-20-16/h1-11H,(H,19,20)(H,24,25). The number of H-pyrrole nitrogens is 1. The second kappa shape index (κ2) is 6.04. The first-order valence-electron chi connectivity index (χ1n) is 7.56. The zero-order valence-electron chi connectivity index (χ0n) is 13.0. The normalized spacial score (nSPS) is 10.7. The van der Waals surface area contributed by atoms with Gasteiger partial charge >= 0.3 is 5.97 Å². The van der Waals surface area contributed by atoms with Gasteiger partial charge in [0.1, 0.15) is 0 Å². The second-order valence-corrected chi connectivity index (χ2v) is 5.39. The topological polar surface area (TPSA) is 96.7 Å². The molecule has 0 fully saturated rings. The molecule has 0 aliphatic heterocycles. The van der Waals surface area contributed by atoms with Crippen LogP contribution >= 0.6 is 0 Å². The number of rotatable bonds is 4. The first-order valence-corrected chi connectivity index (χ1v) is 7.56. The Morgan fingerprint density at radius 1 is 1.00 bits per heavy atom. The highest BCUT2D eigenvalue weighted by Crippen LogP contribution is 2.31. The van der Waals surface area contributed by atoms with Gasteiger partial charge < -0.3 is 10.1 Å². The zero-order valence-corrected chi connectivity index (χ0v) is 13.0. The summed E-state index contributed by atoms with van der Waals surface area (Å²) in [7, 11) is 0. The van der Waals surface area contributed by atoms with Gasteiger partial charge in [-0.25, -0.2) is 14.5 Å². The third-order valence-corrected chi connectivity index (χ3v) is 3.91. The van der Waals surface area contributed by atoms with Crippen molar-refractivity contribution in [3.05, 3.63) is 72.9 Å². The van der Waals surface area contributed by atoms with Gasteiger partial charge in [-0.3, -0.25) is 0 Å². The Morgan fingerprint density at radius 2 is 1.76 bits per heavy atom. The number of nitrogens with one attached hydrogen (secondary N) is 1. The van der Waals surface area contributed by atoms with Gasteiger partial charge in [0.15, 0.2) is 5.69 Å². The number of benzene rings is 2. The van der Waals surface area contributed by atoms with Crippen molar-refractivity contribution in [3.8, 4) is 28.1 Å². The fourth-order valence-corrected chi connectivity index (χ4v) is 2.73. The lowest BCUT2D eigenvalue weighted by atomic mass is 9.98. The van der Waals surface area contributed by atoms with Crippen molar-refractivity contribution in [2.45, 2.75) is 0 Å². The van der Waals surface area contributed by atoms with E-state index in [1.54, 1.807) is 12.5 Å². The summed E-state index contributed by atoms with van der Waals surface area (Å²) in [4.78, 5) is 18.4. The van der Waals surface area contributed by atoms with E-state index in [0.717, 1.165) is 22.4 Å². The molecule has 0 bridgehead atoms. The van der Waals surface area contributed by atoms with E-state index in [9.17, 15) is 9.90 Å². The number of aromatic amines is 1. The largest absolute Gasteiger partial charge is 0.476 e. The summed E-state index contributed by atoms with van der Waals surface area (Å²) >= 11 is 0. The van der Waals surface area contributed by atoms with Gasteiger partial charge in [0.2, 0.25) is 0 Å². The molecule has 0 atom stereocenters. The highest BCUT2D eigenvalue weighted by molar-refractivity contribution is 5.86. The average Bonchev–Trinajstić information content (AvgIpc) is 3.34. The Labute approximate surface area is 142 Å². The number of carboxylic acids is 1. The number of carboxylic acid groups (broad SMARTS) is 1. The van der Waals surface area contributed by atoms with E-state index in [4.69, 9.17) is 0 Å². The quantitative estimate of drug-likeness (QED) is 0.599. The van der Waals surface area contributed by atoms with Gasteiger partial charge in [-0.1, -0.05) is 41.6 Å². The molecule has 0 amide bonds. The Hall–Kier alpha value is -3.74. The fraction of sp³-hybridized carbons (Fsp3) is 0. The molecule has 0 unspecified atom stereocenters. The number of hydrogen-bond acceptors (Lipinski definition) is 4. The van der Waals surface area contributed by atoms with E-state index < -0.39 is 5.97 Å². The Kier molecular flexibility index (Phi) is 3.59. The molecule has 4 aromatic rings. The van der Waals surface area contributed by atoms with Crippen LogP contribution < -0.4 is 0 Å². The molecule has 2 heterocycles. The molecule has 7 heteroatoms. The predicted molar refractivity (Wildman–Crippen MR) is 91.3 cm³/mol. The second-order valence-electron chi connectivity index (χ2n) is 5.39. The summed E-state index contributed by atoms with van der Waals surface area (Å²) in [5.74, 6) is -1.07. The monoisotopic (exact) mass is 331 g/mol. The lowest BCUT2D eigenvalue weighted by molar-refractivity contribution is 0.0687. The van der Waals surface area contributed by atoms with Crippen LogP contribution in [0.25, 0.3) is 28.1 Å². The molecule has 0 spiro atoms. The van der Waals surface area contributed by atoms with E-state index in [2.05, 4.69) is 20.3 Å². The number of aromatic carboxylic acids is 1. The molecular weight excluding hydrogens is 318 g/mol. The predicted octanol–water partition coefficient (Wildman–Crippen LogP) is 3.02. The summed E-state index contributed by atoms with van der Waals surface area (Å²) in [6.45, 7) is 0. The first-order chi connectivity index (χ1) is 12.2. The van der Waals surface area contributed by atoms with Crippen LogP contribution in [-0.4, -0.2) is 36.0 Å². The molecule has 2 N–H and O–H groups in total. The summed E-state index contributed by atoms with van der Waals surface area (Å²) < 4.78 is 1.30. The van der Waals surface area contributed by atoms with Crippen LogP contribution in [0.1, 0.15) is 10.5 Å². The molecule has 0 saturated heterocycles. The molecule has 0 saturated carbocycles. The third kappa shape index (κ3) is 2.67. The van der Waals surface area contributed by atoms with Gasteiger partial charge in [-0.15, -0.1) is 5.10 Å². The molecular formula is C18H13N5O2. The van der Waals surface area contributed by atoms with Crippen LogP contribution in [0.3, 0.4) is 0 Å². The molecule has 0 aliphatic rings. The molecule has 25 heavy (non-hydrogen) atoms. The molecule has 2 aromatic carbocycles. The average molecular weight is 331 g/mol. The van der Waals surface area contributed by atoms with Crippen LogP contribution in [0.15, 0.2) is 67.3 Å². The molecule has 2 aromatic heterocycles. The van der Waals surface area contributed by atoms with Crippen molar-refractivity contribution in [2.75, 3.05) is 0 Å². The Morgan fingerprint density at radius 3 is 2.44 bits per heavy atom. The van der Waals surface area contributed by atoms with Gasteiger partial charge in [0.25, 0.3) is 0 Å². The van der Waals surface area contributed by atoms with Gasteiger partial charge in [0, 0.05) is 5.56 Å². The minimum atomic E-state index is -1.07. The maximum absolute atomic E-state index is 11.2. The van der Waals surface area contributed by atoms with Crippen molar-refractivity contribution >= 4 is 5.97 Å². The maximum Gasteiger partial charge on any atom is 0.356 e. The van der Waals surface area contributed by atoms with Gasteiger partial charge in [0.05, 0.1) is 30.1 Å². The van der Waals surface area contributed by atoms with Crippen LogP contribution in [0.5, 0.6) is 0 Å². The lowest BCUT2D eigenvalue weighted by Crippen LogP contribution is -2.07. The lowest BCUT2D eigenvalue weighted by Gasteiger charge is -2.09. The third-order valence-electron chi connectivity index (χ3n) is 3.91. The van der Waals surface area contributed by atoms with Crippen LogP contribution in [-0.2, 0) is 0 Å². The molecule has 122 valence electrons. The smallest absolute Gasteiger partial charge is 0.356 e. The number of aromatic nitrogens is 5. The first kappa shape index (κ1) is 14.8. The van der Waals surface area contributed by atoms with E-state index in [1.807, 2.05) is 48.5 Å². The highest BCUT2D eigenvalue weighted by Gasteiger charge is 2.13. The van der Waals surface area contributed by atoms with Crippen molar-refractivity contribution in [3.63, 3.8) is 0 Å². The SMILES string of the molecule is O=C(O)c1cnnn1-c1ccc(-c2ccccc2-c2cnc[nH]2)cc1. The summed E-state index contributed by atoms with van der Waals surface area (Å²) in [5.41, 5.74) is 4.69. The van der Waals surface area contributed by atoms with Gasteiger partial charge in [-0.05, 0) is 23.3 Å². The van der Waals surface area contributed by atoms with Gasteiger partial charge in [-0.2, -0.15) is 0 Å². The van der Waals surface area contributed by atoms with Crippen LogP contribution in [0.4, 0.5) is 0 Å². The number of carbonyl (C=O) groups is 1. The molecule has 4 rings (SSSR count). The van der Waals surface area contributed by atoms with Crippen molar-refractivity contribution < 1.29 is 9.90 Å².